The van der Waals surface area contributed by atoms with Crippen molar-refractivity contribution in [3.8, 4) is 0 Å². The van der Waals surface area contributed by atoms with Gasteiger partial charge in [-0.25, -0.2) is 0 Å². The number of carbonyl (C=O) groups is 3. The Bertz CT molecular complexity index is 617. The van der Waals surface area contributed by atoms with Crippen molar-refractivity contribution in [2.24, 2.45) is 35.5 Å². The normalized spacial score (nSPS) is 43.7. The van der Waals surface area contributed by atoms with Crippen LogP contribution in [0.4, 0.5) is 0 Å². The van der Waals surface area contributed by atoms with Gasteiger partial charge in [-0.2, -0.15) is 0 Å². The summed E-state index contributed by atoms with van der Waals surface area (Å²) in [6.07, 6.45) is 5.46. The standard InChI is InChI=1S/C18H22N2O4/c1-9(16(21)19-4-6-24-7-5-19)20-17(22)14-10-2-3-11(13-8-12(10)13)15(14)18(20)23/h2-3,9-15H,4-8H2,1H3/t9-,10+,11+,12-,13+,14-,15-/m0/s1. The number of ether oxygens (including phenoxy) is 1. The first kappa shape index (κ1) is 14.6. The number of carbonyl (C=O) groups excluding carboxylic acids is 3. The molecule has 0 spiro atoms. The SMILES string of the molecule is C[C@@H](C(=O)N1CCOCC1)N1C(=O)[C@H]2[C@@H]3C=C[C@H]([C@@H]4C[C@H]34)[C@@H]2C1=O. The molecule has 0 aromatic rings. The van der Waals surface area contributed by atoms with Crippen LogP contribution in [0.1, 0.15) is 13.3 Å². The molecule has 0 aromatic heterocycles. The van der Waals surface area contributed by atoms with E-state index in [1.54, 1.807) is 11.8 Å². The Labute approximate surface area is 140 Å². The molecule has 0 unspecified atom stereocenters. The van der Waals surface area contributed by atoms with Crippen molar-refractivity contribution < 1.29 is 19.1 Å². The van der Waals surface area contributed by atoms with Gasteiger partial charge >= 0.3 is 0 Å². The zero-order chi connectivity index (χ0) is 16.6. The fourth-order valence-corrected chi connectivity index (χ4v) is 5.52. The maximum absolute atomic E-state index is 13.0. The van der Waals surface area contributed by atoms with Gasteiger partial charge in [0, 0.05) is 13.1 Å². The fourth-order valence-electron chi connectivity index (χ4n) is 5.52. The lowest BCUT2D eigenvalue weighted by molar-refractivity contribution is -0.152. The molecule has 2 bridgehead atoms. The summed E-state index contributed by atoms with van der Waals surface area (Å²) in [5.74, 6) is 0.754. The van der Waals surface area contributed by atoms with Gasteiger partial charge in [0.25, 0.3) is 0 Å². The largest absolute Gasteiger partial charge is 0.378 e. The molecular weight excluding hydrogens is 308 g/mol. The summed E-state index contributed by atoms with van der Waals surface area (Å²) >= 11 is 0. The molecule has 2 aliphatic heterocycles. The summed E-state index contributed by atoms with van der Waals surface area (Å²) in [5.41, 5.74) is 0. The van der Waals surface area contributed by atoms with Gasteiger partial charge in [0.05, 0.1) is 25.0 Å². The molecule has 4 fully saturated rings. The molecule has 7 atom stereocenters. The summed E-state index contributed by atoms with van der Waals surface area (Å²) < 4.78 is 5.28. The highest BCUT2D eigenvalue weighted by Crippen LogP contribution is 2.65. The van der Waals surface area contributed by atoms with Gasteiger partial charge in [0.1, 0.15) is 6.04 Å². The van der Waals surface area contributed by atoms with E-state index in [9.17, 15) is 14.4 Å². The average molecular weight is 330 g/mol. The molecule has 2 saturated carbocycles. The van der Waals surface area contributed by atoms with E-state index >= 15 is 0 Å². The molecule has 6 nitrogen and oxygen atoms in total. The predicted octanol–water partition coefficient (Wildman–Crippen LogP) is 0.287. The Kier molecular flexibility index (Phi) is 2.99. The number of hydrogen-bond donors (Lipinski definition) is 0. The van der Waals surface area contributed by atoms with Gasteiger partial charge in [0.15, 0.2) is 0 Å². The fraction of sp³-hybridized carbons (Fsp3) is 0.722. The highest BCUT2D eigenvalue weighted by Gasteiger charge is 2.67. The van der Waals surface area contributed by atoms with Gasteiger partial charge < -0.3 is 9.64 Å². The first-order chi connectivity index (χ1) is 11.6. The van der Waals surface area contributed by atoms with Crippen LogP contribution in [-0.2, 0) is 19.1 Å². The average Bonchev–Trinajstić information content (AvgIpc) is 3.39. The van der Waals surface area contributed by atoms with E-state index in [1.165, 1.54) is 4.90 Å². The molecule has 2 heterocycles. The lowest BCUT2D eigenvalue weighted by Gasteiger charge is -2.37. The van der Waals surface area contributed by atoms with E-state index in [0.717, 1.165) is 6.42 Å². The van der Waals surface area contributed by atoms with E-state index in [1.807, 2.05) is 0 Å². The van der Waals surface area contributed by atoms with Crippen LogP contribution in [0.15, 0.2) is 12.2 Å². The molecule has 4 aliphatic carbocycles. The highest BCUT2D eigenvalue weighted by atomic mass is 16.5. The minimum absolute atomic E-state index is 0.121. The lowest BCUT2D eigenvalue weighted by atomic mass is 9.63. The number of morpholine rings is 1. The topological polar surface area (TPSA) is 66.9 Å². The first-order valence-corrected chi connectivity index (χ1v) is 9.01. The molecule has 2 saturated heterocycles. The van der Waals surface area contributed by atoms with Gasteiger partial charge in [-0.05, 0) is 37.0 Å². The number of imide groups is 1. The Morgan fingerprint density at radius 2 is 1.62 bits per heavy atom. The van der Waals surface area contributed by atoms with Crippen molar-refractivity contribution in [2.45, 2.75) is 19.4 Å². The third-order valence-corrected chi connectivity index (χ3v) is 6.76. The van der Waals surface area contributed by atoms with E-state index < -0.39 is 6.04 Å². The molecular formula is C18H22N2O4. The second kappa shape index (κ2) is 4.91. The van der Waals surface area contributed by atoms with Crippen LogP contribution in [0, 0.1) is 35.5 Å². The van der Waals surface area contributed by atoms with Crippen LogP contribution in [0.3, 0.4) is 0 Å². The summed E-state index contributed by atoms with van der Waals surface area (Å²) in [7, 11) is 0. The lowest BCUT2D eigenvalue weighted by Crippen LogP contribution is -2.52. The second-order valence-electron chi connectivity index (χ2n) is 7.81. The maximum atomic E-state index is 13.0. The number of allylic oxidation sites excluding steroid dienone is 2. The van der Waals surface area contributed by atoms with E-state index in [-0.39, 0.29) is 41.4 Å². The van der Waals surface area contributed by atoms with E-state index in [2.05, 4.69) is 12.2 Å². The summed E-state index contributed by atoms with van der Waals surface area (Å²) in [5, 5.41) is 0. The third-order valence-electron chi connectivity index (χ3n) is 6.76. The number of likely N-dealkylation sites (tertiary alicyclic amines) is 1. The quantitative estimate of drug-likeness (QED) is 0.539. The van der Waals surface area contributed by atoms with Crippen molar-refractivity contribution in [3.05, 3.63) is 12.2 Å². The number of nitrogens with zero attached hydrogens (tertiary/aromatic N) is 2. The molecule has 24 heavy (non-hydrogen) atoms. The summed E-state index contributed by atoms with van der Waals surface area (Å²) in [4.78, 5) is 41.8. The van der Waals surface area contributed by atoms with Gasteiger partial charge in [-0.3, -0.25) is 19.3 Å². The molecule has 0 radical (unpaired) electrons. The summed E-state index contributed by atoms with van der Waals surface area (Å²) in [6, 6.07) is -0.704. The van der Waals surface area contributed by atoms with Crippen molar-refractivity contribution in [3.63, 3.8) is 0 Å². The van der Waals surface area contributed by atoms with Crippen LogP contribution in [0.2, 0.25) is 0 Å². The second-order valence-corrected chi connectivity index (χ2v) is 7.81. The predicted molar refractivity (Wildman–Crippen MR) is 83.4 cm³/mol. The van der Waals surface area contributed by atoms with Gasteiger partial charge in [-0.15, -0.1) is 0 Å². The number of rotatable bonds is 2. The van der Waals surface area contributed by atoms with Crippen molar-refractivity contribution in [1.82, 2.24) is 9.80 Å². The van der Waals surface area contributed by atoms with Gasteiger partial charge in [0.2, 0.25) is 17.7 Å². The Balaban J connectivity index is 1.40. The minimum atomic E-state index is -0.704. The number of hydrogen-bond acceptors (Lipinski definition) is 4. The zero-order valence-electron chi connectivity index (χ0n) is 13.8. The maximum Gasteiger partial charge on any atom is 0.245 e. The van der Waals surface area contributed by atoms with Crippen LogP contribution >= 0.6 is 0 Å². The smallest absolute Gasteiger partial charge is 0.245 e. The number of amides is 3. The van der Waals surface area contributed by atoms with Crippen LogP contribution in [-0.4, -0.2) is 59.9 Å². The van der Waals surface area contributed by atoms with Gasteiger partial charge in [-0.1, -0.05) is 12.2 Å². The molecule has 6 aliphatic rings. The Morgan fingerprint density at radius 3 is 2.17 bits per heavy atom. The zero-order valence-corrected chi connectivity index (χ0v) is 13.8. The Hall–Kier alpha value is -1.69. The Morgan fingerprint density at radius 1 is 1.08 bits per heavy atom. The van der Waals surface area contributed by atoms with Crippen LogP contribution in [0.5, 0.6) is 0 Å². The van der Waals surface area contributed by atoms with Crippen molar-refractivity contribution in [1.29, 1.82) is 0 Å². The van der Waals surface area contributed by atoms with Crippen molar-refractivity contribution in [2.75, 3.05) is 26.3 Å². The first-order valence-electron chi connectivity index (χ1n) is 9.01. The monoisotopic (exact) mass is 330 g/mol. The molecule has 6 rings (SSSR count). The third kappa shape index (κ3) is 1.78. The summed E-state index contributed by atoms with van der Waals surface area (Å²) in [6.45, 7) is 3.79. The molecule has 6 heteroatoms. The van der Waals surface area contributed by atoms with Crippen LogP contribution < -0.4 is 0 Å². The van der Waals surface area contributed by atoms with Crippen LogP contribution in [0.25, 0.3) is 0 Å². The molecule has 3 amide bonds. The highest BCUT2D eigenvalue weighted by molar-refractivity contribution is 6.09. The molecule has 128 valence electrons. The van der Waals surface area contributed by atoms with E-state index in [4.69, 9.17) is 4.74 Å². The molecule has 0 N–H and O–H groups in total. The minimum Gasteiger partial charge on any atom is -0.378 e. The molecule has 0 aromatic carbocycles. The van der Waals surface area contributed by atoms with E-state index in [0.29, 0.717) is 38.1 Å². The van der Waals surface area contributed by atoms with Crippen molar-refractivity contribution >= 4 is 17.7 Å².